The van der Waals surface area contributed by atoms with Gasteiger partial charge in [0.25, 0.3) is 5.91 Å². The highest BCUT2D eigenvalue weighted by Crippen LogP contribution is 2.32. The number of benzene rings is 1. The van der Waals surface area contributed by atoms with Crippen LogP contribution in [0, 0.1) is 0 Å². The lowest BCUT2D eigenvalue weighted by molar-refractivity contribution is -0.152. The Morgan fingerprint density at radius 2 is 1.83 bits per heavy atom. The quantitative estimate of drug-likeness (QED) is 0.394. The smallest absolute Gasteiger partial charge is 0.252 e. The Labute approximate surface area is 212 Å². The molecule has 2 saturated heterocycles. The second-order valence-corrected chi connectivity index (χ2v) is 9.99. The number of likely N-dealkylation sites (N-methyl/N-ethyl adjacent to an activating group) is 1. The van der Waals surface area contributed by atoms with Crippen molar-refractivity contribution in [2.45, 2.75) is 82.3 Å². The third kappa shape index (κ3) is 5.45. The summed E-state index contributed by atoms with van der Waals surface area (Å²) in [5.74, 6) is -1.00. The van der Waals surface area contributed by atoms with E-state index in [0.29, 0.717) is 32.2 Å². The second kappa shape index (κ2) is 11.5. The van der Waals surface area contributed by atoms with Crippen LogP contribution in [-0.4, -0.2) is 77.9 Å². The summed E-state index contributed by atoms with van der Waals surface area (Å²) < 4.78 is 0. The molecule has 1 aromatic carbocycles. The third-order valence-corrected chi connectivity index (χ3v) is 7.74. The molecule has 5 N–H and O–H groups in total. The lowest BCUT2D eigenvalue weighted by Crippen LogP contribution is -2.62. The van der Waals surface area contributed by atoms with Crippen LogP contribution < -0.4 is 21.7 Å². The Bertz CT molecular complexity index is 1000. The molecule has 0 aromatic heterocycles. The Hall–Kier alpha value is -2.82. The van der Waals surface area contributed by atoms with Crippen LogP contribution in [-0.2, 0) is 25.6 Å². The van der Waals surface area contributed by atoms with Crippen LogP contribution in [0.15, 0.2) is 24.3 Å². The summed E-state index contributed by atoms with van der Waals surface area (Å²) in [7, 11) is 1.57. The SMILES string of the molecule is CN[C@@H](N)C(=O)N[C@H]1CCCN(C(C)=O)C2CCC(C(=O)CN[C@@H]3CCCc4ccccc43)N2C1=O. The van der Waals surface area contributed by atoms with Crippen LogP contribution in [0.3, 0.4) is 0 Å². The van der Waals surface area contributed by atoms with E-state index in [1.165, 1.54) is 18.1 Å². The second-order valence-electron chi connectivity index (χ2n) is 9.99. The Morgan fingerprint density at radius 1 is 1.08 bits per heavy atom. The minimum Gasteiger partial charge on any atom is -0.342 e. The molecule has 10 heteroatoms. The van der Waals surface area contributed by atoms with Crippen LogP contribution in [0.2, 0.25) is 0 Å². The average Bonchev–Trinajstić information content (AvgIpc) is 3.31. The number of nitrogens with two attached hydrogens (primary N) is 1. The Balaban J connectivity index is 1.50. The zero-order valence-corrected chi connectivity index (χ0v) is 21.2. The molecule has 3 amide bonds. The molecule has 2 heterocycles. The molecule has 0 spiro atoms. The first-order chi connectivity index (χ1) is 17.3. The molecule has 2 aliphatic heterocycles. The molecule has 196 valence electrons. The lowest BCUT2D eigenvalue weighted by Gasteiger charge is -2.41. The van der Waals surface area contributed by atoms with Crippen molar-refractivity contribution in [3.8, 4) is 0 Å². The van der Waals surface area contributed by atoms with Gasteiger partial charge in [-0.25, -0.2) is 0 Å². The predicted molar refractivity (Wildman–Crippen MR) is 134 cm³/mol. The molecular formula is C26H38N6O4. The first-order valence-corrected chi connectivity index (χ1v) is 13.0. The van der Waals surface area contributed by atoms with Crippen molar-refractivity contribution in [1.82, 2.24) is 25.8 Å². The highest BCUT2D eigenvalue weighted by Gasteiger charge is 2.47. The topological polar surface area (TPSA) is 137 Å². The maximum absolute atomic E-state index is 13.7. The predicted octanol–water partition coefficient (Wildman–Crippen LogP) is 0.171. The molecule has 1 aliphatic carbocycles. The van der Waals surface area contributed by atoms with Crippen LogP contribution >= 0.6 is 0 Å². The summed E-state index contributed by atoms with van der Waals surface area (Å²) in [6, 6.07) is 6.96. The van der Waals surface area contributed by atoms with E-state index in [0.717, 1.165) is 19.3 Å². The molecule has 2 fully saturated rings. The van der Waals surface area contributed by atoms with Crippen molar-refractivity contribution >= 4 is 23.5 Å². The van der Waals surface area contributed by atoms with Gasteiger partial charge in [-0.05, 0) is 63.1 Å². The highest BCUT2D eigenvalue weighted by molar-refractivity contribution is 5.95. The summed E-state index contributed by atoms with van der Waals surface area (Å²) in [4.78, 5) is 55.3. The minimum absolute atomic E-state index is 0.0741. The summed E-state index contributed by atoms with van der Waals surface area (Å²) in [5.41, 5.74) is 8.31. The van der Waals surface area contributed by atoms with Crippen molar-refractivity contribution in [1.29, 1.82) is 0 Å². The number of fused-ring (bicyclic) bond motifs is 2. The summed E-state index contributed by atoms with van der Waals surface area (Å²) >= 11 is 0. The fraction of sp³-hybridized carbons (Fsp3) is 0.615. The molecule has 0 bridgehead atoms. The van der Waals surface area contributed by atoms with Gasteiger partial charge in [0.15, 0.2) is 5.78 Å². The number of aryl methyl sites for hydroxylation is 1. The maximum atomic E-state index is 13.7. The van der Waals surface area contributed by atoms with Gasteiger partial charge in [0.05, 0.1) is 12.6 Å². The zero-order valence-electron chi connectivity index (χ0n) is 21.2. The monoisotopic (exact) mass is 498 g/mol. The van der Waals surface area contributed by atoms with Gasteiger partial charge in [-0.1, -0.05) is 24.3 Å². The van der Waals surface area contributed by atoms with Crippen LogP contribution in [0.5, 0.6) is 0 Å². The maximum Gasteiger partial charge on any atom is 0.252 e. The summed E-state index contributed by atoms with van der Waals surface area (Å²) in [6.07, 6.45) is 3.58. The summed E-state index contributed by atoms with van der Waals surface area (Å²) in [6.45, 7) is 2.10. The molecule has 36 heavy (non-hydrogen) atoms. The van der Waals surface area contributed by atoms with Gasteiger partial charge in [0.2, 0.25) is 11.8 Å². The normalized spacial score (nSPS) is 26.9. The van der Waals surface area contributed by atoms with E-state index in [1.54, 1.807) is 16.8 Å². The van der Waals surface area contributed by atoms with Crippen LogP contribution in [0.1, 0.15) is 62.6 Å². The first-order valence-electron chi connectivity index (χ1n) is 13.0. The number of amides is 3. The van der Waals surface area contributed by atoms with Gasteiger partial charge >= 0.3 is 0 Å². The standard InChI is InChI=1S/C26H38N6O4/c1-16(33)31-14-6-11-20(30-25(35)24(27)28-2)26(36)32-21(12-13-23(31)32)22(34)15-29-19-10-5-8-17-7-3-4-9-18(17)19/h3-4,7,9,19-21,23-24,28-29H,5-6,8,10-15,27H2,1-2H3,(H,30,35)/t19-,20+,21?,23?,24-/m1/s1. The lowest BCUT2D eigenvalue weighted by atomic mass is 9.87. The molecule has 4 rings (SSSR count). The van der Waals surface area contributed by atoms with E-state index in [1.807, 2.05) is 12.1 Å². The van der Waals surface area contributed by atoms with Crippen LogP contribution in [0.25, 0.3) is 0 Å². The van der Waals surface area contributed by atoms with Crippen LogP contribution in [0.4, 0.5) is 0 Å². The fourth-order valence-corrected chi connectivity index (χ4v) is 5.83. The molecule has 10 nitrogen and oxygen atoms in total. The Kier molecular flexibility index (Phi) is 8.38. The fourth-order valence-electron chi connectivity index (χ4n) is 5.83. The molecule has 0 radical (unpaired) electrons. The molecule has 2 unspecified atom stereocenters. The number of hydrogen-bond donors (Lipinski definition) is 4. The number of nitrogens with zero attached hydrogens (tertiary/aromatic N) is 2. The molecule has 3 aliphatic rings. The highest BCUT2D eigenvalue weighted by atomic mass is 16.2. The van der Waals surface area contributed by atoms with E-state index in [9.17, 15) is 19.2 Å². The van der Waals surface area contributed by atoms with E-state index >= 15 is 0 Å². The van der Waals surface area contributed by atoms with Gasteiger partial charge in [-0.15, -0.1) is 0 Å². The molecular weight excluding hydrogens is 460 g/mol. The summed E-state index contributed by atoms with van der Waals surface area (Å²) in [5, 5.41) is 8.85. The first kappa shape index (κ1) is 26.2. The number of nitrogens with one attached hydrogen (secondary N) is 3. The van der Waals surface area contributed by atoms with Gasteiger partial charge in [-0.2, -0.15) is 0 Å². The van der Waals surface area contributed by atoms with E-state index in [-0.39, 0.29) is 30.2 Å². The van der Waals surface area contributed by atoms with Gasteiger partial charge in [0, 0.05) is 19.5 Å². The van der Waals surface area contributed by atoms with Crippen molar-refractivity contribution < 1.29 is 19.2 Å². The average molecular weight is 499 g/mol. The van der Waals surface area contributed by atoms with Gasteiger partial charge < -0.3 is 26.2 Å². The van der Waals surface area contributed by atoms with E-state index in [4.69, 9.17) is 5.73 Å². The number of carbonyl (C=O) groups is 4. The Morgan fingerprint density at radius 3 is 2.58 bits per heavy atom. The minimum atomic E-state index is -0.939. The molecule has 0 saturated carbocycles. The van der Waals surface area contributed by atoms with E-state index in [2.05, 4.69) is 28.1 Å². The van der Waals surface area contributed by atoms with Crippen molar-refractivity contribution in [2.24, 2.45) is 5.73 Å². The van der Waals surface area contributed by atoms with Crippen molar-refractivity contribution in [2.75, 3.05) is 20.1 Å². The van der Waals surface area contributed by atoms with Crippen molar-refractivity contribution in [3.63, 3.8) is 0 Å². The van der Waals surface area contributed by atoms with Crippen molar-refractivity contribution in [3.05, 3.63) is 35.4 Å². The van der Waals surface area contributed by atoms with E-state index < -0.39 is 30.3 Å². The molecule has 1 aromatic rings. The van der Waals surface area contributed by atoms with Gasteiger partial charge in [0.1, 0.15) is 18.4 Å². The number of Topliss-reactive ketones (excluding diaryl/α,β-unsaturated/α-hetero) is 1. The van der Waals surface area contributed by atoms with Gasteiger partial charge in [-0.3, -0.25) is 24.5 Å². The third-order valence-electron chi connectivity index (χ3n) is 7.74. The number of ketones is 1. The largest absolute Gasteiger partial charge is 0.342 e. The molecule has 5 atom stereocenters. The number of carbonyl (C=O) groups excluding carboxylic acids is 4. The zero-order chi connectivity index (χ0) is 25.8. The number of rotatable bonds is 7. The number of hydrogen-bond acceptors (Lipinski definition) is 7.